The summed E-state index contributed by atoms with van der Waals surface area (Å²) < 4.78 is 2.14. The Balaban J connectivity index is 1.54. The molecule has 2 aromatic rings. The molecule has 2 aromatic heterocycles. The first-order valence-electron chi connectivity index (χ1n) is 8.07. The third-order valence-electron chi connectivity index (χ3n) is 5.14. The first kappa shape index (κ1) is 12.4. The maximum atomic E-state index is 4.77. The van der Waals surface area contributed by atoms with Gasteiger partial charge in [-0.25, -0.2) is 4.98 Å². The van der Waals surface area contributed by atoms with Crippen molar-refractivity contribution in [3.8, 4) is 0 Å². The van der Waals surface area contributed by atoms with Crippen LogP contribution in [0.5, 0.6) is 0 Å². The Morgan fingerprint density at radius 1 is 1.10 bits per heavy atom. The van der Waals surface area contributed by atoms with Crippen LogP contribution in [0.1, 0.15) is 44.2 Å². The molecule has 1 saturated carbocycles. The molecule has 3 heteroatoms. The Bertz CT molecular complexity index is 554. The van der Waals surface area contributed by atoms with Gasteiger partial charge in [0.05, 0.1) is 5.69 Å². The Labute approximate surface area is 120 Å². The second kappa shape index (κ2) is 5.21. The number of hydrogen-bond donors (Lipinski definition) is 0. The van der Waals surface area contributed by atoms with Crippen molar-refractivity contribution >= 4 is 5.65 Å². The summed E-state index contributed by atoms with van der Waals surface area (Å²) >= 11 is 0. The van der Waals surface area contributed by atoms with Gasteiger partial charge in [-0.15, -0.1) is 0 Å². The molecular formula is C17H23N3. The highest BCUT2D eigenvalue weighted by atomic mass is 15.2. The zero-order valence-electron chi connectivity index (χ0n) is 12.0. The van der Waals surface area contributed by atoms with Crippen molar-refractivity contribution in [3.63, 3.8) is 0 Å². The molecule has 2 aliphatic rings. The van der Waals surface area contributed by atoms with E-state index in [4.69, 9.17) is 4.98 Å². The van der Waals surface area contributed by atoms with Crippen LogP contribution in [0.3, 0.4) is 0 Å². The fraction of sp³-hybridized carbons (Fsp3) is 0.588. The van der Waals surface area contributed by atoms with Crippen LogP contribution in [-0.4, -0.2) is 26.9 Å². The highest BCUT2D eigenvalue weighted by Crippen LogP contribution is 2.35. The zero-order valence-corrected chi connectivity index (χ0v) is 12.0. The van der Waals surface area contributed by atoms with E-state index in [0.717, 1.165) is 24.2 Å². The molecule has 0 spiro atoms. The minimum Gasteiger partial charge on any atom is -0.307 e. The van der Waals surface area contributed by atoms with Gasteiger partial charge in [-0.1, -0.05) is 18.9 Å². The summed E-state index contributed by atoms with van der Waals surface area (Å²) in [7, 11) is 0. The maximum absolute atomic E-state index is 4.77. The second-order valence-electron chi connectivity index (χ2n) is 6.42. The third-order valence-corrected chi connectivity index (χ3v) is 5.14. The Kier molecular flexibility index (Phi) is 3.23. The molecule has 20 heavy (non-hydrogen) atoms. The normalized spacial score (nSPS) is 27.6. The predicted octanol–water partition coefficient (Wildman–Crippen LogP) is 3.49. The van der Waals surface area contributed by atoms with Gasteiger partial charge in [0.2, 0.25) is 0 Å². The molecule has 3 heterocycles. The Hall–Kier alpha value is -1.35. The van der Waals surface area contributed by atoms with Gasteiger partial charge in [0.15, 0.2) is 0 Å². The van der Waals surface area contributed by atoms with Crippen LogP contribution in [0.2, 0.25) is 0 Å². The highest BCUT2D eigenvalue weighted by Gasteiger charge is 2.33. The third kappa shape index (κ3) is 2.24. The van der Waals surface area contributed by atoms with Crippen LogP contribution in [0.4, 0.5) is 0 Å². The smallest absolute Gasteiger partial charge is 0.137 e. The molecule has 1 aliphatic carbocycles. The van der Waals surface area contributed by atoms with Crippen LogP contribution in [-0.2, 0) is 6.54 Å². The van der Waals surface area contributed by atoms with Crippen molar-refractivity contribution in [2.24, 2.45) is 5.92 Å². The van der Waals surface area contributed by atoms with E-state index in [-0.39, 0.29) is 0 Å². The first-order chi connectivity index (χ1) is 9.90. The summed E-state index contributed by atoms with van der Waals surface area (Å²) in [5, 5.41) is 0. The number of likely N-dealkylation sites (tertiary alicyclic amines) is 1. The number of pyridine rings is 1. The van der Waals surface area contributed by atoms with Gasteiger partial charge < -0.3 is 4.40 Å². The number of nitrogens with zero attached hydrogens (tertiary/aromatic N) is 3. The molecule has 2 fully saturated rings. The number of piperidine rings is 1. The summed E-state index contributed by atoms with van der Waals surface area (Å²) in [6.07, 6.45) is 12.8. The summed E-state index contributed by atoms with van der Waals surface area (Å²) in [6, 6.07) is 7.03. The van der Waals surface area contributed by atoms with Gasteiger partial charge in [0.1, 0.15) is 5.65 Å². The van der Waals surface area contributed by atoms with Gasteiger partial charge in [-0.2, -0.15) is 0 Å². The number of rotatable bonds is 2. The summed E-state index contributed by atoms with van der Waals surface area (Å²) in [4.78, 5) is 7.47. The number of fused-ring (bicyclic) bond motifs is 2. The molecule has 1 aliphatic heterocycles. The molecule has 1 saturated heterocycles. The molecular weight excluding hydrogens is 246 g/mol. The van der Waals surface area contributed by atoms with Crippen LogP contribution in [0.15, 0.2) is 30.6 Å². The lowest BCUT2D eigenvalue weighted by Gasteiger charge is -2.43. The molecule has 0 N–H and O–H groups in total. The lowest BCUT2D eigenvalue weighted by molar-refractivity contribution is 0.0538. The SMILES string of the molecule is c1ccn2cc(CN3CCCC4CCCCC43)nc2c1. The van der Waals surface area contributed by atoms with E-state index in [1.807, 2.05) is 0 Å². The standard InChI is InChI=1S/C17H23N3/c1-2-8-16-14(6-1)7-5-11-19(16)12-15-13-20-10-4-3-9-17(20)18-15/h3-4,9-10,13-14,16H,1-2,5-8,11-12H2. The van der Waals surface area contributed by atoms with Crippen molar-refractivity contribution in [1.82, 2.24) is 14.3 Å². The average Bonchev–Trinajstić information content (AvgIpc) is 2.90. The number of aromatic nitrogens is 2. The second-order valence-corrected chi connectivity index (χ2v) is 6.42. The molecule has 0 bridgehead atoms. The topological polar surface area (TPSA) is 20.5 Å². The van der Waals surface area contributed by atoms with Crippen molar-refractivity contribution in [1.29, 1.82) is 0 Å². The van der Waals surface area contributed by atoms with E-state index in [1.165, 1.54) is 50.8 Å². The monoisotopic (exact) mass is 269 g/mol. The van der Waals surface area contributed by atoms with E-state index in [1.54, 1.807) is 0 Å². The van der Waals surface area contributed by atoms with E-state index < -0.39 is 0 Å². The Morgan fingerprint density at radius 3 is 2.95 bits per heavy atom. The van der Waals surface area contributed by atoms with Crippen LogP contribution in [0.25, 0.3) is 5.65 Å². The minimum absolute atomic E-state index is 0.822. The summed E-state index contributed by atoms with van der Waals surface area (Å²) in [5.74, 6) is 0.953. The molecule has 3 nitrogen and oxygen atoms in total. The fourth-order valence-corrected chi connectivity index (χ4v) is 4.20. The van der Waals surface area contributed by atoms with Crippen molar-refractivity contribution in [2.45, 2.75) is 51.1 Å². The molecule has 4 rings (SSSR count). The van der Waals surface area contributed by atoms with Crippen LogP contribution >= 0.6 is 0 Å². The first-order valence-corrected chi connectivity index (χ1v) is 8.07. The van der Waals surface area contributed by atoms with Gasteiger partial charge in [0, 0.05) is 25.0 Å². The molecule has 0 amide bonds. The van der Waals surface area contributed by atoms with Crippen LogP contribution in [0, 0.1) is 5.92 Å². The molecule has 2 unspecified atom stereocenters. The van der Waals surface area contributed by atoms with E-state index in [9.17, 15) is 0 Å². The lowest BCUT2D eigenvalue weighted by Crippen LogP contribution is -2.46. The van der Waals surface area contributed by atoms with Crippen molar-refractivity contribution in [2.75, 3.05) is 6.54 Å². The largest absolute Gasteiger partial charge is 0.307 e. The van der Waals surface area contributed by atoms with Crippen molar-refractivity contribution in [3.05, 3.63) is 36.3 Å². The molecule has 0 aromatic carbocycles. The molecule has 0 radical (unpaired) electrons. The molecule has 106 valence electrons. The summed E-state index contributed by atoms with van der Waals surface area (Å²) in [6.45, 7) is 2.29. The average molecular weight is 269 g/mol. The lowest BCUT2D eigenvalue weighted by atomic mass is 9.78. The van der Waals surface area contributed by atoms with Gasteiger partial charge >= 0.3 is 0 Å². The molecule has 2 atom stereocenters. The summed E-state index contributed by atoms with van der Waals surface area (Å²) in [5.41, 5.74) is 2.29. The highest BCUT2D eigenvalue weighted by molar-refractivity contribution is 5.39. The quantitative estimate of drug-likeness (QED) is 0.832. The minimum atomic E-state index is 0.822. The van der Waals surface area contributed by atoms with Crippen LogP contribution < -0.4 is 0 Å². The van der Waals surface area contributed by atoms with Gasteiger partial charge in [-0.05, 0) is 50.3 Å². The Morgan fingerprint density at radius 2 is 2.00 bits per heavy atom. The zero-order chi connectivity index (χ0) is 13.4. The number of hydrogen-bond acceptors (Lipinski definition) is 2. The maximum Gasteiger partial charge on any atom is 0.137 e. The fourth-order valence-electron chi connectivity index (χ4n) is 4.20. The van der Waals surface area contributed by atoms with E-state index in [0.29, 0.717) is 0 Å². The van der Waals surface area contributed by atoms with Crippen molar-refractivity contribution < 1.29 is 0 Å². The number of imidazole rings is 1. The van der Waals surface area contributed by atoms with E-state index >= 15 is 0 Å². The predicted molar refractivity (Wildman–Crippen MR) is 80.6 cm³/mol. The van der Waals surface area contributed by atoms with E-state index in [2.05, 4.69) is 39.9 Å². The van der Waals surface area contributed by atoms with Gasteiger partial charge in [0.25, 0.3) is 0 Å². The van der Waals surface area contributed by atoms with Gasteiger partial charge in [-0.3, -0.25) is 4.90 Å².